The summed E-state index contributed by atoms with van der Waals surface area (Å²) in [6.07, 6.45) is 1.96. The molecule has 0 unspecified atom stereocenters. The maximum atomic E-state index is 12.6. The van der Waals surface area contributed by atoms with E-state index < -0.39 is 0 Å². The van der Waals surface area contributed by atoms with Gasteiger partial charge in [-0.2, -0.15) is 0 Å². The van der Waals surface area contributed by atoms with Gasteiger partial charge in [0.15, 0.2) is 6.61 Å². The van der Waals surface area contributed by atoms with Crippen LogP contribution in [0.1, 0.15) is 35.4 Å². The average molecular weight is 383 g/mol. The first kappa shape index (κ1) is 20.3. The number of hydrogen-bond acceptors (Lipinski definition) is 5. The molecule has 150 valence electrons. The normalized spacial score (nSPS) is 15.4. The second-order valence-electron chi connectivity index (χ2n) is 7.59. The number of aryl methyl sites for hydroxylation is 2. The number of likely N-dealkylation sites (N-methyl/N-ethyl adjacent to an activating group) is 1. The lowest BCUT2D eigenvalue weighted by molar-refractivity contribution is -0.135. The van der Waals surface area contributed by atoms with E-state index in [1.807, 2.05) is 38.8 Å². The average Bonchev–Trinajstić information content (AvgIpc) is 2.71. The second kappa shape index (κ2) is 9.15. The first-order valence-electron chi connectivity index (χ1n) is 9.90. The van der Waals surface area contributed by atoms with Gasteiger partial charge in [-0.05, 0) is 44.7 Å². The van der Waals surface area contributed by atoms with Crippen LogP contribution in [0.15, 0.2) is 30.3 Å². The zero-order valence-corrected chi connectivity index (χ0v) is 17.3. The quantitative estimate of drug-likeness (QED) is 0.769. The van der Waals surface area contributed by atoms with E-state index in [0.717, 1.165) is 49.4 Å². The molecular weight excluding hydrogens is 352 g/mol. The number of hydrogen-bond donors (Lipinski definition) is 0. The summed E-state index contributed by atoms with van der Waals surface area (Å²) in [5.74, 6) is -0.0269. The molecule has 1 aliphatic rings. The summed E-state index contributed by atoms with van der Waals surface area (Å²) in [7, 11) is 1.87. The molecule has 0 bridgehead atoms. The van der Waals surface area contributed by atoms with E-state index in [4.69, 9.17) is 4.74 Å². The highest BCUT2D eigenvalue weighted by Crippen LogP contribution is 2.18. The number of rotatable bonds is 6. The fraction of sp³-hybridized carbons (Fsp3) is 0.500. The smallest absolute Gasteiger partial charge is 0.317 e. The van der Waals surface area contributed by atoms with Crippen molar-refractivity contribution in [3.63, 3.8) is 0 Å². The predicted molar refractivity (Wildman–Crippen MR) is 109 cm³/mol. The fourth-order valence-electron chi connectivity index (χ4n) is 3.54. The number of likely N-dealkylation sites (tertiary alicyclic amines) is 1. The number of amides is 1. The van der Waals surface area contributed by atoms with Gasteiger partial charge in [-0.25, -0.2) is 9.97 Å². The SMILES string of the molecule is Cc1nc(OCC(=O)N(C)C2CCN(Cc3ccccc3)CC2)nc(C)c1C. The van der Waals surface area contributed by atoms with Crippen molar-refractivity contribution in [2.75, 3.05) is 26.7 Å². The van der Waals surface area contributed by atoms with Crippen molar-refractivity contribution < 1.29 is 9.53 Å². The van der Waals surface area contributed by atoms with Crippen LogP contribution in [0.3, 0.4) is 0 Å². The lowest BCUT2D eigenvalue weighted by Gasteiger charge is -2.36. The number of carbonyl (C=O) groups excluding carboxylic acids is 1. The Labute approximate surface area is 167 Å². The molecule has 6 nitrogen and oxygen atoms in total. The Morgan fingerprint density at radius 2 is 1.71 bits per heavy atom. The van der Waals surface area contributed by atoms with Crippen molar-refractivity contribution in [3.8, 4) is 6.01 Å². The lowest BCUT2D eigenvalue weighted by Crippen LogP contribution is -2.46. The van der Waals surface area contributed by atoms with E-state index in [1.54, 1.807) is 0 Å². The van der Waals surface area contributed by atoms with Crippen molar-refractivity contribution in [2.45, 2.75) is 46.2 Å². The Kier molecular flexibility index (Phi) is 6.62. The Bertz CT molecular complexity index is 778. The lowest BCUT2D eigenvalue weighted by atomic mass is 10.0. The molecule has 1 aromatic heterocycles. The molecule has 0 radical (unpaired) electrons. The maximum Gasteiger partial charge on any atom is 0.317 e. The summed E-state index contributed by atoms with van der Waals surface area (Å²) < 4.78 is 5.57. The summed E-state index contributed by atoms with van der Waals surface area (Å²) in [4.78, 5) is 25.5. The molecule has 2 heterocycles. The van der Waals surface area contributed by atoms with E-state index in [9.17, 15) is 4.79 Å². The Hall–Kier alpha value is -2.47. The van der Waals surface area contributed by atoms with Gasteiger partial charge in [0, 0.05) is 44.1 Å². The van der Waals surface area contributed by atoms with Crippen LogP contribution in [0.4, 0.5) is 0 Å². The molecule has 2 aromatic rings. The van der Waals surface area contributed by atoms with Gasteiger partial charge in [-0.15, -0.1) is 0 Å². The minimum atomic E-state index is -0.0269. The van der Waals surface area contributed by atoms with Crippen LogP contribution in [-0.4, -0.2) is 58.5 Å². The summed E-state index contributed by atoms with van der Waals surface area (Å²) in [5.41, 5.74) is 4.16. The van der Waals surface area contributed by atoms with Gasteiger partial charge in [-0.1, -0.05) is 30.3 Å². The summed E-state index contributed by atoms with van der Waals surface area (Å²) in [6, 6.07) is 11.1. The zero-order valence-electron chi connectivity index (χ0n) is 17.3. The third kappa shape index (κ3) is 5.07. The molecular formula is C22H30N4O2. The molecule has 1 aromatic carbocycles. The molecule has 3 rings (SSSR count). The van der Waals surface area contributed by atoms with Crippen LogP contribution in [0.2, 0.25) is 0 Å². The Morgan fingerprint density at radius 1 is 1.11 bits per heavy atom. The molecule has 28 heavy (non-hydrogen) atoms. The molecule has 0 saturated carbocycles. The van der Waals surface area contributed by atoms with Crippen LogP contribution in [0, 0.1) is 20.8 Å². The van der Waals surface area contributed by atoms with Crippen molar-refractivity contribution in [1.82, 2.24) is 19.8 Å². The van der Waals surface area contributed by atoms with Gasteiger partial charge in [0.05, 0.1) is 0 Å². The third-order valence-corrected chi connectivity index (χ3v) is 5.68. The number of benzene rings is 1. The molecule has 1 amide bonds. The maximum absolute atomic E-state index is 12.6. The van der Waals surface area contributed by atoms with E-state index in [-0.39, 0.29) is 24.6 Å². The van der Waals surface area contributed by atoms with Crippen LogP contribution in [0.25, 0.3) is 0 Å². The van der Waals surface area contributed by atoms with Crippen molar-refractivity contribution in [3.05, 3.63) is 52.8 Å². The molecule has 0 N–H and O–H groups in total. The van der Waals surface area contributed by atoms with Crippen LogP contribution < -0.4 is 4.74 Å². The minimum Gasteiger partial charge on any atom is -0.453 e. The molecule has 1 saturated heterocycles. The standard InChI is InChI=1S/C22H30N4O2/c1-16-17(2)23-22(24-18(16)3)28-15-21(27)25(4)20-10-12-26(13-11-20)14-19-8-6-5-7-9-19/h5-9,20H,10-15H2,1-4H3. The van der Waals surface area contributed by atoms with E-state index in [2.05, 4.69) is 39.1 Å². The Balaban J connectivity index is 1.46. The van der Waals surface area contributed by atoms with E-state index in [1.165, 1.54) is 5.56 Å². The van der Waals surface area contributed by atoms with Crippen LogP contribution in [0.5, 0.6) is 6.01 Å². The number of piperidine rings is 1. The largest absolute Gasteiger partial charge is 0.453 e. The number of ether oxygens (including phenoxy) is 1. The first-order chi connectivity index (χ1) is 13.4. The van der Waals surface area contributed by atoms with Crippen molar-refractivity contribution in [2.24, 2.45) is 0 Å². The summed E-state index contributed by atoms with van der Waals surface area (Å²) in [6.45, 7) is 8.77. The molecule has 1 fully saturated rings. The highest BCUT2D eigenvalue weighted by molar-refractivity contribution is 5.77. The highest BCUT2D eigenvalue weighted by atomic mass is 16.5. The number of nitrogens with zero attached hydrogens (tertiary/aromatic N) is 4. The minimum absolute atomic E-state index is 0.0251. The van der Waals surface area contributed by atoms with Gasteiger partial charge in [0.2, 0.25) is 0 Å². The summed E-state index contributed by atoms with van der Waals surface area (Å²) in [5, 5.41) is 0. The molecule has 0 aliphatic carbocycles. The fourth-order valence-corrected chi connectivity index (χ4v) is 3.54. The van der Waals surface area contributed by atoms with Gasteiger partial charge >= 0.3 is 6.01 Å². The number of carbonyl (C=O) groups is 1. The van der Waals surface area contributed by atoms with Gasteiger partial charge < -0.3 is 9.64 Å². The molecule has 1 aliphatic heterocycles. The predicted octanol–water partition coefficient (Wildman–Crippen LogP) is 2.90. The van der Waals surface area contributed by atoms with Gasteiger partial charge in [0.1, 0.15) is 0 Å². The van der Waals surface area contributed by atoms with Crippen LogP contribution >= 0.6 is 0 Å². The van der Waals surface area contributed by atoms with Crippen molar-refractivity contribution >= 4 is 5.91 Å². The zero-order chi connectivity index (χ0) is 20.1. The molecule has 6 heteroatoms. The molecule has 0 spiro atoms. The summed E-state index contributed by atoms with van der Waals surface area (Å²) >= 11 is 0. The van der Waals surface area contributed by atoms with Gasteiger partial charge in [-0.3, -0.25) is 9.69 Å². The monoisotopic (exact) mass is 382 g/mol. The van der Waals surface area contributed by atoms with Crippen molar-refractivity contribution in [1.29, 1.82) is 0 Å². The van der Waals surface area contributed by atoms with E-state index >= 15 is 0 Å². The second-order valence-corrected chi connectivity index (χ2v) is 7.59. The number of aromatic nitrogens is 2. The third-order valence-electron chi connectivity index (χ3n) is 5.68. The molecule has 0 atom stereocenters. The van der Waals surface area contributed by atoms with E-state index in [0.29, 0.717) is 0 Å². The van der Waals surface area contributed by atoms with Crippen LogP contribution in [-0.2, 0) is 11.3 Å². The topological polar surface area (TPSA) is 58.6 Å². The first-order valence-corrected chi connectivity index (χ1v) is 9.90. The highest BCUT2D eigenvalue weighted by Gasteiger charge is 2.25. The Morgan fingerprint density at radius 3 is 2.32 bits per heavy atom. The van der Waals surface area contributed by atoms with Gasteiger partial charge in [0.25, 0.3) is 5.91 Å².